The summed E-state index contributed by atoms with van der Waals surface area (Å²) in [7, 11) is 1.38. The number of nitrogens with zero attached hydrogens (tertiary/aromatic N) is 2. The van der Waals surface area contributed by atoms with Gasteiger partial charge in [-0.3, -0.25) is 4.79 Å². The molecule has 0 aliphatic rings. The summed E-state index contributed by atoms with van der Waals surface area (Å²) in [6, 6.07) is 0. The van der Waals surface area contributed by atoms with Crippen molar-refractivity contribution in [3.8, 4) is 11.4 Å². The topological polar surface area (TPSA) is 52.1 Å². The lowest BCUT2D eigenvalue weighted by Gasteiger charge is -1.94. The van der Waals surface area contributed by atoms with Crippen LogP contribution in [0.3, 0.4) is 0 Å². The lowest BCUT2D eigenvalue weighted by atomic mass is 10.3. The van der Waals surface area contributed by atoms with Crippen molar-refractivity contribution in [1.82, 2.24) is 9.97 Å². The van der Waals surface area contributed by atoms with E-state index >= 15 is 0 Å². The van der Waals surface area contributed by atoms with Crippen LogP contribution in [0.25, 0.3) is 11.4 Å². The fraction of sp³-hybridized carbons (Fsp3) is 0.364. The minimum Gasteiger partial charge on any atom is -0.469 e. The van der Waals surface area contributed by atoms with Crippen molar-refractivity contribution in [2.75, 3.05) is 7.11 Å². The first-order valence-corrected chi connectivity index (χ1v) is 6.75. The average Bonchev–Trinajstić information content (AvgIpc) is 2.85. The quantitative estimate of drug-likeness (QED) is 0.803. The van der Waals surface area contributed by atoms with Crippen molar-refractivity contribution in [3.05, 3.63) is 20.3 Å². The second kappa shape index (κ2) is 4.93. The van der Waals surface area contributed by atoms with Crippen LogP contribution in [0.5, 0.6) is 0 Å². The van der Waals surface area contributed by atoms with Crippen LogP contribution in [-0.2, 0) is 16.0 Å². The zero-order valence-electron chi connectivity index (χ0n) is 9.81. The number of rotatable bonds is 3. The third kappa shape index (κ3) is 2.70. The maximum absolute atomic E-state index is 11.1. The molecule has 0 aromatic carbocycles. The molecule has 2 aromatic rings. The number of aryl methyl sites for hydroxylation is 2. The van der Waals surface area contributed by atoms with Crippen molar-refractivity contribution >= 4 is 28.6 Å². The normalized spacial score (nSPS) is 10.5. The average molecular weight is 268 g/mol. The summed E-state index contributed by atoms with van der Waals surface area (Å²) >= 11 is 3.11. The summed E-state index contributed by atoms with van der Waals surface area (Å²) < 4.78 is 4.61. The molecule has 0 saturated heterocycles. The molecule has 0 amide bonds. The summed E-state index contributed by atoms with van der Waals surface area (Å²) in [4.78, 5) is 21.1. The highest BCUT2D eigenvalue weighted by Gasteiger charge is 2.13. The summed E-state index contributed by atoms with van der Waals surface area (Å²) in [5.74, 6) is -0.267. The molecule has 0 aliphatic carbocycles. The van der Waals surface area contributed by atoms with Gasteiger partial charge in [0.2, 0.25) is 0 Å². The number of carbonyl (C=O) groups excluding carboxylic acids is 1. The Hall–Kier alpha value is -1.27. The van der Waals surface area contributed by atoms with Gasteiger partial charge in [-0.25, -0.2) is 9.97 Å². The minimum atomic E-state index is -0.267. The maximum Gasteiger partial charge on any atom is 0.312 e. The van der Waals surface area contributed by atoms with E-state index in [1.807, 2.05) is 19.2 Å². The molecule has 0 bridgehead atoms. The first kappa shape index (κ1) is 12.2. The molecule has 2 rings (SSSR count). The van der Waals surface area contributed by atoms with E-state index in [1.165, 1.54) is 18.4 Å². The zero-order valence-corrected chi connectivity index (χ0v) is 11.4. The third-order valence-electron chi connectivity index (χ3n) is 2.22. The van der Waals surface area contributed by atoms with Crippen LogP contribution in [0.2, 0.25) is 0 Å². The molecule has 2 aromatic heterocycles. The zero-order chi connectivity index (χ0) is 12.4. The van der Waals surface area contributed by atoms with E-state index in [0.717, 1.165) is 26.3 Å². The van der Waals surface area contributed by atoms with Crippen molar-refractivity contribution in [1.29, 1.82) is 0 Å². The molecule has 90 valence electrons. The second-order valence-electron chi connectivity index (χ2n) is 3.52. The molecular formula is C11H12N2O2S2. The summed E-state index contributed by atoms with van der Waals surface area (Å²) in [6.45, 7) is 4.00. The molecule has 0 atom stereocenters. The fourth-order valence-electron chi connectivity index (χ4n) is 1.46. The molecule has 0 saturated carbocycles. The van der Waals surface area contributed by atoms with Gasteiger partial charge in [0.25, 0.3) is 0 Å². The van der Waals surface area contributed by atoms with E-state index in [-0.39, 0.29) is 12.4 Å². The van der Waals surface area contributed by atoms with Gasteiger partial charge in [0.15, 0.2) is 0 Å². The highest BCUT2D eigenvalue weighted by molar-refractivity contribution is 7.12. The predicted octanol–water partition coefficient (Wildman–Crippen LogP) is 2.60. The van der Waals surface area contributed by atoms with Gasteiger partial charge < -0.3 is 4.74 Å². The number of ether oxygens (including phenoxy) is 1. The van der Waals surface area contributed by atoms with Crippen LogP contribution in [0.1, 0.15) is 14.9 Å². The highest BCUT2D eigenvalue weighted by Crippen LogP contribution is 2.28. The monoisotopic (exact) mass is 268 g/mol. The van der Waals surface area contributed by atoms with Crippen LogP contribution in [-0.4, -0.2) is 23.0 Å². The van der Waals surface area contributed by atoms with Crippen LogP contribution in [0.15, 0.2) is 5.38 Å². The van der Waals surface area contributed by atoms with Crippen molar-refractivity contribution < 1.29 is 9.53 Å². The first-order chi connectivity index (χ1) is 8.10. The van der Waals surface area contributed by atoms with Crippen LogP contribution in [0.4, 0.5) is 0 Å². The van der Waals surface area contributed by atoms with Gasteiger partial charge in [0.05, 0.1) is 18.5 Å². The number of hydrogen-bond acceptors (Lipinski definition) is 6. The molecule has 6 heteroatoms. The minimum absolute atomic E-state index is 0.226. The predicted molar refractivity (Wildman–Crippen MR) is 68.4 cm³/mol. The SMILES string of the molecule is COC(=O)Cc1nc(-c2nc(C)sc2C)cs1. The van der Waals surface area contributed by atoms with E-state index in [9.17, 15) is 4.79 Å². The van der Waals surface area contributed by atoms with Gasteiger partial charge in [-0.2, -0.15) is 0 Å². The largest absolute Gasteiger partial charge is 0.469 e. The number of thiazole rings is 2. The molecule has 2 heterocycles. The summed E-state index contributed by atoms with van der Waals surface area (Å²) in [6.07, 6.45) is 0.226. The lowest BCUT2D eigenvalue weighted by Crippen LogP contribution is -2.03. The van der Waals surface area contributed by atoms with Crippen molar-refractivity contribution in [2.45, 2.75) is 20.3 Å². The molecule has 0 fully saturated rings. The molecule has 0 aliphatic heterocycles. The molecule has 0 spiro atoms. The smallest absolute Gasteiger partial charge is 0.312 e. The van der Waals surface area contributed by atoms with Gasteiger partial charge in [-0.15, -0.1) is 22.7 Å². The summed E-state index contributed by atoms with van der Waals surface area (Å²) in [5.41, 5.74) is 1.76. The molecular weight excluding hydrogens is 256 g/mol. The Bertz CT molecular complexity index is 545. The van der Waals surface area contributed by atoms with Crippen LogP contribution >= 0.6 is 22.7 Å². The lowest BCUT2D eigenvalue weighted by molar-refractivity contribution is -0.139. The third-order valence-corrected chi connectivity index (χ3v) is 3.96. The molecule has 0 N–H and O–H groups in total. The number of esters is 1. The van der Waals surface area contributed by atoms with E-state index in [4.69, 9.17) is 0 Å². The number of methoxy groups -OCH3 is 1. The Balaban J connectivity index is 2.24. The van der Waals surface area contributed by atoms with Gasteiger partial charge in [-0.1, -0.05) is 0 Å². The fourth-order valence-corrected chi connectivity index (χ4v) is 3.05. The second-order valence-corrected chi connectivity index (χ2v) is 5.87. The Morgan fingerprint density at radius 3 is 2.76 bits per heavy atom. The first-order valence-electron chi connectivity index (χ1n) is 5.05. The Kier molecular flexibility index (Phi) is 3.54. The number of carbonyl (C=O) groups is 1. The van der Waals surface area contributed by atoms with Crippen molar-refractivity contribution in [2.24, 2.45) is 0 Å². The number of hydrogen-bond donors (Lipinski definition) is 0. The van der Waals surface area contributed by atoms with Gasteiger partial charge in [0.1, 0.15) is 16.4 Å². The Morgan fingerprint density at radius 1 is 1.41 bits per heavy atom. The maximum atomic E-state index is 11.1. The molecule has 0 radical (unpaired) electrons. The van der Waals surface area contributed by atoms with Gasteiger partial charge in [-0.05, 0) is 13.8 Å². The van der Waals surface area contributed by atoms with Crippen molar-refractivity contribution in [3.63, 3.8) is 0 Å². The van der Waals surface area contributed by atoms with Gasteiger partial charge >= 0.3 is 5.97 Å². The molecule has 0 unspecified atom stereocenters. The van der Waals surface area contributed by atoms with E-state index in [0.29, 0.717) is 0 Å². The highest BCUT2D eigenvalue weighted by atomic mass is 32.1. The molecule has 4 nitrogen and oxygen atoms in total. The van der Waals surface area contributed by atoms with Gasteiger partial charge in [0, 0.05) is 10.3 Å². The molecule has 17 heavy (non-hydrogen) atoms. The number of aromatic nitrogens is 2. The summed E-state index contributed by atoms with van der Waals surface area (Å²) in [5, 5.41) is 3.72. The van der Waals surface area contributed by atoms with Crippen LogP contribution in [0, 0.1) is 13.8 Å². The van der Waals surface area contributed by atoms with E-state index < -0.39 is 0 Å². The van der Waals surface area contributed by atoms with E-state index in [1.54, 1.807) is 11.3 Å². The van der Waals surface area contributed by atoms with Crippen LogP contribution < -0.4 is 0 Å². The standard InChI is InChI=1S/C11H12N2O2S2/c1-6-11(12-7(2)17-6)8-5-16-9(13-8)4-10(14)15-3/h5H,4H2,1-3H3. The Labute approximate surface area is 107 Å². The Morgan fingerprint density at radius 2 is 2.18 bits per heavy atom. The van der Waals surface area contributed by atoms with E-state index in [2.05, 4.69) is 14.7 Å².